The lowest BCUT2D eigenvalue weighted by molar-refractivity contribution is -0.553. The molecular weight excluding hydrogens is 303 g/mol. The number of amides is 3. The number of amidine groups is 1. The number of aliphatic imine (C=N–C) groups is 1. The topological polar surface area (TPSA) is 94.0 Å². The number of hydrazine groups is 1. The van der Waals surface area contributed by atoms with E-state index in [0.29, 0.717) is 12.4 Å². The summed E-state index contributed by atoms with van der Waals surface area (Å²) in [5.41, 5.74) is 3.23. The summed E-state index contributed by atoms with van der Waals surface area (Å²) in [6, 6.07) is 4.71. The Morgan fingerprint density at radius 2 is 1.91 bits per heavy atom. The molecule has 0 saturated carbocycles. The summed E-state index contributed by atoms with van der Waals surface area (Å²) in [7, 11) is 2.97. The molecule has 23 heavy (non-hydrogen) atoms. The number of urea groups is 1. The van der Waals surface area contributed by atoms with Crippen molar-refractivity contribution in [3.05, 3.63) is 35.6 Å². The van der Waals surface area contributed by atoms with E-state index in [1.54, 1.807) is 23.8 Å². The number of nitrogens with zero attached hydrogens (tertiary/aromatic N) is 4. The fraction of sp³-hybridized carbons (Fsp3) is 0.286. The van der Waals surface area contributed by atoms with E-state index in [2.05, 4.69) is 10.4 Å². The van der Waals surface area contributed by atoms with Crippen molar-refractivity contribution in [1.82, 2.24) is 15.2 Å². The molecule has 2 aliphatic heterocycles. The highest BCUT2D eigenvalue weighted by Gasteiger charge is 2.51. The van der Waals surface area contributed by atoms with Gasteiger partial charge in [0, 0.05) is 14.1 Å². The van der Waals surface area contributed by atoms with Gasteiger partial charge in [-0.2, -0.15) is 5.84 Å². The molecule has 1 fully saturated rings. The van der Waals surface area contributed by atoms with Gasteiger partial charge < -0.3 is 0 Å². The number of benzene rings is 1. The Morgan fingerprint density at radius 1 is 1.26 bits per heavy atom. The van der Waals surface area contributed by atoms with Crippen LogP contribution in [0.25, 0.3) is 0 Å². The summed E-state index contributed by atoms with van der Waals surface area (Å²) in [6.07, 6.45) is 0. The van der Waals surface area contributed by atoms with Crippen LogP contribution in [-0.2, 0) is 11.3 Å². The molecule has 2 aliphatic rings. The molecule has 1 saturated heterocycles. The van der Waals surface area contributed by atoms with E-state index < -0.39 is 12.1 Å². The van der Waals surface area contributed by atoms with Gasteiger partial charge in [0.2, 0.25) is 11.9 Å². The molecule has 9 heteroatoms. The number of carbonyl (C=O) groups is 2. The predicted molar refractivity (Wildman–Crippen MR) is 79.8 cm³/mol. The predicted octanol–water partition coefficient (Wildman–Crippen LogP) is -0.538. The Balaban J connectivity index is 1.98. The van der Waals surface area contributed by atoms with Crippen molar-refractivity contribution in [2.45, 2.75) is 12.6 Å². The lowest BCUT2D eigenvalue weighted by atomic mass is 10.1. The van der Waals surface area contributed by atoms with E-state index >= 15 is 0 Å². The van der Waals surface area contributed by atoms with Crippen LogP contribution in [0.15, 0.2) is 29.3 Å². The van der Waals surface area contributed by atoms with Gasteiger partial charge in [-0.1, -0.05) is 17.1 Å². The van der Waals surface area contributed by atoms with Crippen molar-refractivity contribution in [3.63, 3.8) is 0 Å². The van der Waals surface area contributed by atoms with Crippen molar-refractivity contribution in [1.29, 1.82) is 0 Å². The zero-order valence-corrected chi connectivity index (χ0v) is 12.7. The molecule has 0 aliphatic carbocycles. The minimum Gasteiger partial charge on any atom is -0.270 e. The molecule has 3 N–H and O–H groups in total. The Kier molecular flexibility index (Phi) is 3.57. The first-order valence-electron chi connectivity index (χ1n) is 6.92. The summed E-state index contributed by atoms with van der Waals surface area (Å²) in [5, 5.41) is 0. The van der Waals surface area contributed by atoms with Crippen LogP contribution in [0.4, 0.5) is 9.18 Å². The maximum Gasteiger partial charge on any atom is 0.407 e. The van der Waals surface area contributed by atoms with Gasteiger partial charge in [-0.15, -0.1) is 0 Å². The summed E-state index contributed by atoms with van der Waals surface area (Å²) in [4.78, 5) is 31.1. The molecule has 120 valence electrons. The fourth-order valence-corrected chi connectivity index (χ4v) is 2.67. The number of guanidine groups is 1. The molecule has 1 aromatic carbocycles. The summed E-state index contributed by atoms with van der Waals surface area (Å²) in [5.74, 6) is 5.35. The molecule has 0 radical (unpaired) electrons. The van der Waals surface area contributed by atoms with Gasteiger partial charge in [0.1, 0.15) is 5.82 Å². The Morgan fingerprint density at radius 3 is 2.52 bits per heavy atom. The normalized spacial score (nSPS) is 20.9. The standard InChI is InChI=1S/C14H15FN6O2/c1-19-11-10(12(22)20(2)14(19)23)21(13(17-11)18-16)7-8-3-5-9(15)6-4-8/h3-6,10H,7,16H2,1-2H3/p+1. The van der Waals surface area contributed by atoms with Crippen LogP contribution in [0.5, 0.6) is 0 Å². The molecule has 0 spiro atoms. The quantitative estimate of drug-likeness (QED) is 0.435. The van der Waals surface area contributed by atoms with Gasteiger partial charge in [0.15, 0.2) is 0 Å². The molecule has 0 bridgehead atoms. The van der Waals surface area contributed by atoms with Crippen molar-refractivity contribution < 1.29 is 18.6 Å². The highest BCUT2D eigenvalue weighted by molar-refractivity contribution is 6.22. The van der Waals surface area contributed by atoms with E-state index in [1.165, 1.54) is 24.1 Å². The number of rotatable bonds is 2. The zero-order chi connectivity index (χ0) is 16.7. The first-order chi connectivity index (χ1) is 10.9. The molecular formula is C14H16FN6O2+. The fourth-order valence-electron chi connectivity index (χ4n) is 2.67. The number of hydrogen-bond donors (Lipinski definition) is 2. The molecule has 3 amide bonds. The number of hydrogen-bond acceptors (Lipinski definition) is 5. The van der Waals surface area contributed by atoms with Gasteiger partial charge >= 0.3 is 12.0 Å². The van der Waals surface area contributed by atoms with Crippen molar-refractivity contribution >= 4 is 23.7 Å². The SMILES string of the molecule is CN1C(=O)C2C(=NC(NN)=[N+]2Cc2ccc(F)cc2)N(C)C1=O. The van der Waals surface area contributed by atoms with Crippen LogP contribution >= 0.6 is 0 Å². The summed E-state index contributed by atoms with van der Waals surface area (Å²) in [6.45, 7) is 0.291. The molecule has 8 nitrogen and oxygen atoms in total. The van der Waals surface area contributed by atoms with Gasteiger partial charge in [0.05, 0.1) is 6.54 Å². The summed E-state index contributed by atoms with van der Waals surface area (Å²) < 4.78 is 14.7. The number of fused-ring (bicyclic) bond motifs is 1. The molecule has 1 aromatic rings. The van der Waals surface area contributed by atoms with Crippen molar-refractivity contribution in [2.24, 2.45) is 10.8 Å². The van der Waals surface area contributed by atoms with Gasteiger partial charge in [-0.05, 0) is 17.7 Å². The third-order valence-electron chi connectivity index (χ3n) is 3.93. The van der Waals surface area contributed by atoms with Crippen molar-refractivity contribution in [2.75, 3.05) is 14.1 Å². The van der Waals surface area contributed by atoms with Crippen LogP contribution in [-0.4, -0.2) is 58.2 Å². The van der Waals surface area contributed by atoms with E-state index in [0.717, 1.165) is 10.5 Å². The third kappa shape index (κ3) is 2.34. The maximum absolute atomic E-state index is 13.0. The minimum absolute atomic E-state index is 0.276. The van der Waals surface area contributed by atoms with Crippen LogP contribution < -0.4 is 11.3 Å². The molecule has 2 heterocycles. The van der Waals surface area contributed by atoms with Gasteiger partial charge in [-0.3, -0.25) is 14.6 Å². The minimum atomic E-state index is -0.751. The largest absolute Gasteiger partial charge is 0.407 e. The lowest BCUT2D eigenvalue weighted by Gasteiger charge is -2.31. The van der Waals surface area contributed by atoms with Crippen LogP contribution in [0.3, 0.4) is 0 Å². The summed E-state index contributed by atoms with van der Waals surface area (Å²) >= 11 is 0. The first kappa shape index (κ1) is 15.1. The van der Waals surface area contributed by atoms with Gasteiger partial charge in [0.25, 0.3) is 5.91 Å². The highest BCUT2D eigenvalue weighted by atomic mass is 19.1. The van der Waals surface area contributed by atoms with E-state index in [1.807, 2.05) is 0 Å². The second-order valence-electron chi connectivity index (χ2n) is 5.33. The second-order valence-corrected chi connectivity index (χ2v) is 5.33. The maximum atomic E-state index is 13.0. The lowest BCUT2D eigenvalue weighted by Crippen LogP contribution is -2.61. The van der Waals surface area contributed by atoms with E-state index in [-0.39, 0.29) is 17.7 Å². The Bertz CT molecular complexity index is 742. The number of nitrogens with two attached hydrogens (primary N) is 1. The van der Waals surface area contributed by atoms with E-state index in [4.69, 9.17) is 5.84 Å². The number of halogens is 1. The average molecular weight is 319 g/mol. The molecule has 3 rings (SSSR count). The Labute approximate surface area is 131 Å². The first-order valence-corrected chi connectivity index (χ1v) is 6.92. The number of nitrogens with one attached hydrogen (secondary N) is 1. The van der Waals surface area contributed by atoms with Crippen molar-refractivity contribution in [3.8, 4) is 0 Å². The number of imide groups is 1. The van der Waals surface area contributed by atoms with E-state index in [9.17, 15) is 14.0 Å². The van der Waals surface area contributed by atoms with Crippen LogP contribution in [0, 0.1) is 5.82 Å². The van der Waals surface area contributed by atoms with Crippen LogP contribution in [0.2, 0.25) is 0 Å². The second kappa shape index (κ2) is 5.43. The average Bonchev–Trinajstić information content (AvgIpc) is 2.91. The number of carbonyl (C=O) groups excluding carboxylic acids is 2. The van der Waals surface area contributed by atoms with Gasteiger partial charge in [-0.25, -0.2) is 19.2 Å². The molecule has 1 unspecified atom stereocenters. The molecule has 0 aromatic heterocycles. The Hall–Kier alpha value is -2.81. The third-order valence-corrected chi connectivity index (χ3v) is 3.93. The molecule has 1 atom stereocenters. The monoisotopic (exact) mass is 319 g/mol. The highest BCUT2D eigenvalue weighted by Crippen LogP contribution is 2.20. The zero-order valence-electron chi connectivity index (χ0n) is 12.7. The number of likely N-dealkylation sites (N-methyl/N-ethyl adjacent to an activating group) is 2. The smallest absolute Gasteiger partial charge is 0.270 e. The van der Waals surface area contributed by atoms with Crippen LogP contribution in [0.1, 0.15) is 5.56 Å².